The van der Waals surface area contributed by atoms with Gasteiger partial charge in [-0.3, -0.25) is 4.79 Å². The van der Waals surface area contributed by atoms with Gasteiger partial charge in [0.05, 0.1) is 22.8 Å². The molecule has 106 valence electrons. The first kappa shape index (κ1) is 14.1. The van der Waals surface area contributed by atoms with Gasteiger partial charge in [-0.1, -0.05) is 13.8 Å². The first-order chi connectivity index (χ1) is 9.49. The van der Waals surface area contributed by atoms with Crippen molar-refractivity contribution in [2.24, 2.45) is 5.73 Å². The highest BCUT2D eigenvalue weighted by Gasteiger charge is 2.15. The maximum Gasteiger partial charge on any atom is 0.248 e. The highest BCUT2D eigenvalue weighted by Crippen LogP contribution is 2.23. The molecule has 1 amide bonds. The van der Waals surface area contributed by atoms with Crippen LogP contribution in [0.3, 0.4) is 0 Å². The van der Waals surface area contributed by atoms with Crippen molar-refractivity contribution >= 4 is 11.6 Å². The van der Waals surface area contributed by atoms with Crippen molar-refractivity contribution in [1.29, 1.82) is 0 Å². The standard InChI is InChI=1S/C15H20N4O/c1-4-12-14(16)13(5-2)19(18-12)10-6-7-11(15(17)20)9(3)8-10/h6-8H,4-5,16H2,1-3H3,(H2,17,20). The number of nitrogens with two attached hydrogens (primary N) is 2. The van der Waals surface area contributed by atoms with Gasteiger partial charge >= 0.3 is 0 Å². The van der Waals surface area contributed by atoms with Crippen molar-refractivity contribution in [2.75, 3.05) is 5.73 Å². The predicted molar refractivity (Wildman–Crippen MR) is 80.0 cm³/mol. The lowest BCUT2D eigenvalue weighted by Crippen LogP contribution is -2.13. The molecule has 2 aromatic rings. The summed E-state index contributed by atoms with van der Waals surface area (Å²) >= 11 is 0. The Balaban J connectivity index is 2.57. The fraction of sp³-hybridized carbons (Fsp3) is 0.333. The number of primary amides is 1. The third-order valence-electron chi connectivity index (χ3n) is 3.49. The summed E-state index contributed by atoms with van der Waals surface area (Å²) in [6.07, 6.45) is 1.60. The summed E-state index contributed by atoms with van der Waals surface area (Å²) in [6, 6.07) is 5.49. The van der Waals surface area contributed by atoms with Crippen LogP contribution in [0.5, 0.6) is 0 Å². The molecule has 5 heteroatoms. The smallest absolute Gasteiger partial charge is 0.248 e. The molecule has 20 heavy (non-hydrogen) atoms. The van der Waals surface area contributed by atoms with Crippen LogP contribution in [0.4, 0.5) is 5.69 Å². The highest BCUT2D eigenvalue weighted by atomic mass is 16.1. The average molecular weight is 272 g/mol. The zero-order valence-electron chi connectivity index (χ0n) is 12.1. The molecule has 0 radical (unpaired) electrons. The van der Waals surface area contributed by atoms with Gasteiger partial charge < -0.3 is 11.5 Å². The number of amides is 1. The van der Waals surface area contributed by atoms with Gasteiger partial charge in [-0.2, -0.15) is 5.10 Å². The fourth-order valence-corrected chi connectivity index (χ4v) is 2.39. The second kappa shape index (κ2) is 5.36. The fourth-order valence-electron chi connectivity index (χ4n) is 2.39. The van der Waals surface area contributed by atoms with Gasteiger partial charge in [0, 0.05) is 5.56 Å². The number of benzene rings is 1. The zero-order valence-corrected chi connectivity index (χ0v) is 12.1. The monoisotopic (exact) mass is 272 g/mol. The number of hydrogen-bond acceptors (Lipinski definition) is 3. The van der Waals surface area contributed by atoms with Crippen LogP contribution in [-0.4, -0.2) is 15.7 Å². The molecule has 2 rings (SSSR count). The van der Waals surface area contributed by atoms with E-state index >= 15 is 0 Å². The molecule has 1 aromatic heterocycles. The maximum absolute atomic E-state index is 11.3. The van der Waals surface area contributed by atoms with Gasteiger partial charge in [0.1, 0.15) is 0 Å². The summed E-state index contributed by atoms with van der Waals surface area (Å²) in [6.45, 7) is 5.95. The normalized spacial score (nSPS) is 10.8. The third-order valence-corrected chi connectivity index (χ3v) is 3.49. The lowest BCUT2D eigenvalue weighted by molar-refractivity contribution is 0.0999. The molecule has 0 saturated carbocycles. The predicted octanol–water partition coefficient (Wildman–Crippen LogP) is 1.99. The minimum Gasteiger partial charge on any atom is -0.396 e. The van der Waals surface area contributed by atoms with Gasteiger partial charge in [-0.15, -0.1) is 0 Å². The van der Waals surface area contributed by atoms with Crippen molar-refractivity contribution in [1.82, 2.24) is 9.78 Å². The molecule has 0 aliphatic heterocycles. The van der Waals surface area contributed by atoms with Crippen LogP contribution in [0.2, 0.25) is 0 Å². The Labute approximate surface area is 118 Å². The topological polar surface area (TPSA) is 86.9 Å². The van der Waals surface area contributed by atoms with E-state index in [2.05, 4.69) is 5.10 Å². The van der Waals surface area contributed by atoms with Gasteiger partial charge in [0.25, 0.3) is 0 Å². The van der Waals surface area contributed by atoms with Crippen molar-refractivity contribution in [3.05, 3.63) is 40.7 Å². The maximum atomic E-state index is 11.3. The number of nitrogen functional groups attached to an aromatic ring is 1. The van der Waals surface area contributed by atoms with E-state index in [1.54, 1.807) is 6.07 Å². The highest BCUT2D eigenvalue weighted by molar-refractivity contribution is 5.94. The third kappa shape index (κ3) is 2.27. The number of hydrogen-bond donors (Lipinski definition) is 2. The summed E-state index contributed by atoms with van der Waals surface area (Å²) in [5.74, 6) is -0.418. The lowest BCUT2D eigenvalue weighted by atomic mass is 10.1. The second-order valence-electron chi connectivity index (χ2n) is 4.79. The summed E-state index contributed by atoms with van der Waals surface area (Å²) in [5, 5.41) is 4.56. The molecule has 0 aliphatic rings. The molecule has 0 unspecified atom stereocenters. The van der Waals surface area contributed by atoms with Crippen molar-refractivity contribution in [3.8, 4) is 5.69 Å². The lowest BCUT2D eigenvalue weighted by Gasteiger charge is -2.09. The Morgan fingerprint density at radius 1 is 1.30 bits per heavy atom. The van der Waals surface area contributed by atoms with Crippen LogP contribution >= 0.6 is 0 Å². The number of anilines is 1. The van der Waals surface area contributed by atoms with Gasteiger partial charge in [-0.25, -0.2) is 4.68 Å². The van der Waals surface area contributed by atoms with Crippen molar-refractivity contribution in [3.63, 3.8) is 0 Å². The molecule has 0 atom stereocenters. The number of carbonyl (C=O) groups excluding carboxylic acids is 1. The largest absolute Gasteiger partial charge is 0.396 e. The number of rotatable bonds is 4. The van der Waals surface area contributed by atoms with E-state index < -0.39 is 5.91 Å². The van der Waals surface area contributed by atoms with Crippen LogP contribution in [0.25, 0.3) is 5.69 Å². The molecule has 5 nitrogen and oxygen atoms in total. The minimum atomic E-state index is -0.418. The minimum absolute atomic E-state index is 0.418. The van der Waals surface area contributed by atoms with Crippen LogP contribution < -0.4 is 11.5 Å². The van der Waals surface area contributed by atoms with Crippen LogP contribution in [0.15, 0.2) is 18.2 Å². The summed E-state index contributed by atoms with van der Waals surface area (Å²) in [5.41, 5.74) is 16.4. The van der Waals surface area contributed by atoms with E-state index in [1.165, 1.54) is 0 Å². The van der Waals surface area contributed by atoms with Crippen LogP contribution in [-0.2, 0) is 12.8 Å². The van der Waals surface area contributed by atoms with Gasteiger partial charge in [0.15, 0.2) is 0 Å². The average Bonchev–Trinajstić information content (AvgIpc) is 2.74. The van der Waals surface area contributed by atoms with E-state index in [4.69, 9.17) is 11.5 Å². The molecule has 0 aliphatic carbocycles. The van der Waals surface area contributed by atoms with Crippen molar-refractivity contribution < 1.29 is 4.79 Å². The zero-order chi connectivity index (χ0) is 14.9. The Bertz CT molecular complexity index is 658. The Hall–Kier alpha value is -2.30. The Morgan fingerprint density at radius 2 is 2.00 bits per heavy atom. The van der Waals surface area contributed by atoms with Gasteiger partial charge in [-0.05, 0) is 43.5 Å². The molecule has 4 N–H and O–H groups in total. The van der Waals surface area contributed by atoms with Crippen LogP contribution in [0, 0.1) is 6.92 Å². The molecule has 1 aromatic carbocycles. The molecule has 1 heterocycles. The van der Waals surface area contributed by atoms with Gasteiger partial charge in [0.2, 0.25) is 5.91 Å². The van der Waals surface area contributed by atoms with E-state index in [1.807, 2.05) is 37.6 Å². The van der Waals surface area contributed by atoms with E-state index in [9.17, 15) is 4.79 Å². The quantitative estimate of drug-likeness (QED) is 0.892. The SMILES string of the molecule is CCc1nn(-c2ccc(C(N)=O)c(C)c2)c(CC)c1N. The number of aryl methyl sites for hydroxylation is 2. The molecule has 0 fully saturated rings. The first-order valence-electron chi connectivity index (χ1n) is 6.76. The number of carbonyl (C=O) groups is 1. The summed E-state index contributed by atoms with van der Waals surface area (Å²) in [7, 11) is 0. The van der Waals surface area contributed by atoms with E-state index in [0.29, 0.717) is 5.56 Å². The molecule has 0 saturated heterocycles. The Morgan fingerprint density at radius 3 is 2.50 bits per heavy atom. The number of nitrogens with zero attached hydrogens (tertiary/aromatic N) is 2. The number of aromatic nitrogens is 2. The summed E-state index contributed by atoms with van der Waals surface area (Å²) < 4.78 is 1.85. The van der Waals surface area contributed by atoms with Crippen LogP contribution in [0.1, 0.15) is 41.2 Å². The first-order valence-corrected chi connectivity index (χ1v) is 6.76. The second-order valence-corrected chi connectivity index (χ2v) is 4.79. The molecule has 0 bridgehead atoms. The van der Waals surface area contributed by atoms with E-state index in [-0.39, 0.29) is 0 Å². The molecular weight excluding hydrogens is 252 g/mol. The van der Waals surface area contributed by atoms with E-state index in [0.717, 1.165) is 41.2 Å². The molecular formula is C15H20N4O. The molecule has 0 spiro atoms. The summed E-state index contributed by atoms with van der Waals surface area (Å²) in [4.78, 5) is 11.3. The Kier molecular flexibility index (Phi) is 3.79. The van der Waals surface area contributed by atoms with Crippen molar-refractivity contribution in [2.45, 2.75) is 33.6 Å².